The third-order valence-electron chi connectivity index (χ3n) is 4.62. The van der Waals surface area contributed by atoms with Gasteiger partial charge >= 0.3 is 0 Å². The smallest absolute Gasteiger partial charge is 0.255 e. The fourth-order valence-corrected chi connectivity index (χ4v) is 4.46. The molecule has 2 N–H and O–H groups in total. The number of phenolic OH excluding ortho intramolecular Hbond substituents is 1. The number of phenols is 1. The molecule has 0 unspecified atom stereocenters. The topological polar surface area (TPSA) is 108 Å². The monoisotopic (exact) mass is 487 g/mol. The molecule has 3 aromatic rings. The third-order valence-corrected chi connectivity index (χ3v) is 6.67. The first-order valence-corrected chi connectivity index (χ1v) is 11.6. The third kappa shape index (κ3) is 6.32. The average Bonchev–Trinajstić information content (AvgIpc) is 2.81. The molecule has 1 amide bonds. The van der Waals surface area contributed by atoms with Crippen molar-refractivity contribution in [1.29, 1.82) is 0 Å². The summed E-state index contributed by atoms with van der Waals surface area (Å²) in [6.07, 6.45) is 1.24. The van der Waals surface area contributed by atoms with Crippen molar-refractivity contribution in [2.24, 2.45) is 5.10 Å². The van der Waals surface area contributed by atoms with Gasteiger partial charge in [-0.3, -0.25) is 4.79 Å². The number of hydrazone groups is 1. The molecule has 0 saturated carbocycles. The standard InChI is InChI=1S/C23H22ClN3O5S/c1-32-21-9-5-8-18(23(21)29)14-25-26-22(28)16-27(15-17-6-3-2-4-7-17)33(30,31)20-12-10-19(24)11-13-20/h2-14,29H,15-16H2,1H3,(H,26,28). The zero-order valence-corrected chi connectivity index (χ0v) is 19.3. The van der Waals surface area contributed by atoms with Crippen molar-refractivity contribution in [2.75, 3.05) is 13.7 Å². The molecule has 8 nitrogen and oxygen atoms in total. The Hall–Kier alpha value is -3.40. The minimum atomic E-state index is -4.00. The van der Waals surface area contributed by atoms with Crippen LogP contribution >= 0.6 is 11.6 Å². The summed E-state index contributed by atoms with van der Waals surface area (Å²) >= 11 is 5.88. The molecule has 0 bridgehead atoms. The summed E-state index contributed by atoms with van der Waals surface area (Å²) in [5.74, 6) is -0.524. The maximum absolute atomic E-state index is 13.2. The van der Waals surface area contributed by atoms with Crippen molar-refractivity contribution in [3.8, 4) is 11.5 Å². The van der Waals surface area contributed by atoms with Gasteiger partial charge in [-0.25, -0.2) is 13.8 Å². The van der Waals surface area contributed by atoms with Crippen LogP contribution in [-0.2, 0) is 21.4 Å². The fraction of sp³-hybridized carbons (Fsp3) is 0.130. The number of benzene rings is 3. The highest BCUT2D eigenvalue weighted by Crippen LogP contribution is 2.28. The van der Waals surface area contributed by atoms with Gasteiger partial charge < -0.3 is 9.84 Å². The van der Waals surface area contributed by atoms with Crippen molar-refractivity contribution in [2.45, 2.75) is 11.4 Å². The summed E-state index contributed by atoms with van der Waals surface area (Å²) < 4.78 is 32.5. The summed E-state index contributed by atoms with van der Waals surface area (Å²) in [6, 6.07) is 19.5. The maximum atomic E-state index is 13.2. The second kappa shape index (κ2) is 11.0. The molecule has 33 heavy (non-hydrogen) atoms. The summed E-state index contributed by atoms with van der Waals surface area (Å²) in [7, 11) is -2.58. The summed E-state index contributed by atoms with van der Waals surface area (Å²) in [4.78, 5) is 12.5. The van der Waals surface area contributed by atoms with E-state index in [4.69, 9.17) is 16.3 Å². The molecule has 3 rings (SSSR count). The second-order valence-electron chi connectivity index (χ2n) is 6.90. The van der Waals surface area contributed by atoms with Gasteiger partial charge in [0.1, 0.15) is 0 Å². The zero-order valence-electron chi connectivity index (χ0n) is 17.7. The molecule has 0 aliphatic heterocycles. The zero-order chi connectivity index (χ0) is 23.8. The molecule has 0 fully saturated rings. The normalized spacial score (nSPS) is 11.6. The quantitative estimate of drug-likeness (QED) is 0.355. The molecule has 0 aromatic heterocycles. The number of para-hydroxylation sites is 1. The van der Waals surface area contributed by atoms with Crippen LogP contribution in [0.15, 0.2) is 82.8 Å². The van der Waals surface area contributed by atoms with Crippen LogP contribution in [0.25, 0.3) is 0 Å². The van der Waals surface area contributed by atoms with Crippen LogP contribution in [0.2, 0.25) is 5.02 Å². The fourth-order valence-electron chi connectivity index (χ4n) is 2.95. The van der Waals surface area contributed by atoms with E-state index in [2.05, 4.69) is 10.5 Å². The number of carbonyl (C=O) groups is 1. The lowest BCUT2D eigenvalue weighted by Gasteiger charge is -2.21. The number of amides is 1. The highest BCUT2D eigenvalue weighted by atomic mass is 35.5. The highest BCUT2D eigenvalue weighted by Gasteiger charge is 2.27. The number of nitrogens with one attached hydrogen (secondary N) is 1. The Labute approximate surface area is 197 Å². The van der Waals surface area contributed by atoms with E-state index in [-0.39, 0.29) is 22.9 Å². The average molecular weight is 488 g/mol. The van der Waals surface area contributed by atoms with Crippen LogP contribution in [-0.4, -0.2) is 43.6 Å². The van der Waals surface area contributed by atoms with Crippen molar-refractivity contribution >= 4 is 33.7 Å². The van der Waals surface area contributed by atoms with E-state index in [1.807, 2.05) is 6.07 Å². The molecule has 0 saturated heterocycles. The highest BCUT2D eigenvalue weighted by molar-refractivity contribution is 7.89. The lowest BCUT2D eigenvalue weighted by atomic mass is 10.2. The van der Waals surface area contributed by atoms with E-state index in [1.54, 1.807) is 42.5 Å². The molecule has 3 aromatic carbocycles. The van der Waals surface area contributed by atoms with Gasteiger partial charge in [-0.15, -0.1) is 0 Å². The van der Waals surface area contributed by atoms with E-state index < -0.39 is 22.5 Å². The molecule has 0 heterocycles. The Kier molecular flexibility index (Phi) is 8.05. The Bertz CT molecular complexity index is 1230. The van der Waals surface area contributed by atoms with Gasteiger partial charge in [0.25, 0.3) is 5.91 Å². The first kappa shape index (κ1) is 24.2. The molecular weight excluding hydrogens is 466 g/mol. The molecular formula is C23H22ClN3O5S. The first-order valence-electron chi connectivity index (χ1n) is 9.79. The SMILES string of the molecule is COc1cccc(C=NNC(=O)CN(Cc2ccccc2)S(=O)(=O)c2ccc(Cl)cc2)c1O. The van der Waals surface area contributed by atoms with Gasteiger partial charge in [0.05, 0.1) is 24.8 Å². The van der Waals surface area contributed by atoms with E-state index in [0.717, 1.165) is 4.31 Å². The van der Waals surface area contributed by atoms with Crippen LogP contribution in [0.3, 0.4) is 0 Å². The van der Waals surface area contributed by atoms with Gasteiger partial charge in [0.15, 0.2) is 11.5 Å². The number of sulfonamides is 1. The molecule has 0 spiro atoms. The van der Waals surface area contributed by atoms with Crippen molar-refractivity contribution in [1.82, 2.24) is 9.73 Å². The Morgan fingerprint density at radius 1 is 1.09 bits per heavy atom. The van der Waals surface area contributed by atoms with Crippen molar-refractivity contribution in [3.05, 3.63) is 88.9 Å². The van der Waals surface area contributed by atoms with Crippen LogP contribution in [0.1, 0.15) is 11.1 Å². The second-order valence-corrected chi connectivity index (χ2v) is 9.28. The predicted octanol–water partition coefficient (Wildman–Crippen LogP) is 3.40. The van der Waals surface area contributed by atoms with E-state index >= 15 is 0 Å². The van der Waals surface area contributed by atoms with Gasteiger partial charge in [0, 0.05) is 17.1 Å². The van der Waals surface area contributed by atoms with Gasteiger partial charge in [-0.1, -0.05) is 48.0 Å². The number of nitrogens with zero attached hydrogens (tertiary/aromatic N) is 2. The molecule has 172 valence electrons. The minimum Gasteiger partial charge on any atom is -0.504 e. The molecule has 0 atom stereocenters. The number of ether oxygens (including phenoxy) is 1. The largest absolute Gasteiger partial charge is 0.504 e. The molecule has 0 radical (unpaired) electrons. The van der Waals surface area contributed by atoms with E-state index in [0.29, 0.717) is 16.1 Å². The summed E-state index contributed by atoms with van der Waals surface area (Å²) in [6.45, 7) is -0.485. The van der Waals surface area contributed by atoms with Crippen molar-refractivity contribution in [3.63, 3.8) is 0 Å². The Morgan fingerprint density at radius 2 is 1.79 bits per heavy atom. The van der Waals surface area contributed by atoms with Crippen molar-refractivity contribution < 1.29 is 23.1 Å². The Morgan fingerprint density at radius 3 is 2.45 bits per heavy atom. The number of methoxy groups -OCH3 is 1. The number of hydrogen-bond acceptors (Lipinski definition) is 6. The minimum absolute atomic E-state index is 0.0143. The van der Waals surface area contributed by atoms with E-state index in [1.165, 1.54) is 37.6 Å². The summed E-state index contributed by atoms with van der Waals surface area (Å²) in [5.41, 5.74) is 3.34. The molecule has 0 aliphatic carbocycles. The number of aromatic hydroxyl groups is 1. The predicted molar refractivity (Wildman–Crippen MR) is 126 cm³/mol. The van der Waals surface area contributed by atoms with Crippen LogP contribution in [0.5, 0.6) is 11.5 Å². The van der Waals surface area contributed by atoms with Crippen LogP contribution in [0, 0.1) is 0 Å². The lowest BCUT2D eigenvalue weighted by Crippen LogP contribution is -2.39. The number of hydrogen-bond donors (Lipinski definition) is 2. The maximum Gasteiger partial charge on any atom is 0.255 e. The van der Waals surface area contributed by atoms with Crippen LogP contribution < -0.4 is 10.2 Å². The van der Waals surface area contributed by atoms with Gasteiger partial charge in [0.2, 0.25) is 10.0 Å². The van der Waals surface area contributed by atoms with Gasteiger partial charge in [-0.2, -0.15) is 9.41 Å². The van der Waals surface area contributed by atoms with E-state index in [9.17, 15) is 18.3 Å². The molecule has 0 aliphatic rings. The number of rotatable bonds is 9. The lowest BCUT2D eigenvalue weighted by molar-refractivity contribution is -0.121. The Balaban J connectivity index is 1.78. The first-order chi connectivity index (χ1) is 15.8. The van der Waals surface area contributed by atoms with Gasteiger partial charge in [-0.05, 0) is 42.0 Å². The summed E-state index contributed by atoms with van der Waals surface area (Å²) in [5, 5.41) is 14.3. The number of halogens is 1. The number of carbonyl (C=O) groups excluding carboxylic acids is 1. The van der Waals surface area contributed by atoms with Crippen LogP contribution in [0.4, 0.5) is 0 Å². The molecule has 10 heteroatoms.